The predicted octanol–water partition coefficient (Wildman–Crippen LogP) is 1.94. The largest absolute Gasteiger partial charge is 0.371 e. The third-order valence-electron chi connectivity index (χ3n) is 4.92. The van der Waals surface area contributed by atoms with Crippen molar-refractivity contribution in [1.29, 1.82) is 0 Å². The zero-order chi connectivity index (χ0) is 18.0. The van der Waals surface area contributed by atoms with Crippen molar-refractivity contribution in [2.45, 2.75) is 31.6 Å². The lowest BCUT2D eigenvalue weighted by molar-refractivity contribution is -0.124. The summed E-state index contributed by atoms with van der Waals surface area (Å²) in [5, 5.41) is 2.42. The summed E-state index contributed by atoms with van der Waals surface area (Å²) < 4.78 is 29.3. The number of rotatable bonds is 3. The minimum Gasteiger partial charge on any atom is -0.371 e. The second-order valence-corrected chi connectivity index (χ2v) is 6.66. The molecule has 2 aliphatic heterocycles. The van der Waals surface area contributed by atoms with Crippen LogP contribution >= 0.6 is 0 Å². The highest BCUT2D eigenvalue weighted by Gasteiger charge is 2.31. The minimum atomic E-state index is -1.01. The molecule has 0 radical (unpaired) electrons. The summed E-state index contributed by atoms with van der Waals surface area (Å²) in [5.41, 5.74) is 0.0790. The molecular weight excluding hydrogens is 330 g/mol. The Kier molecular flexibility index (Phi) is 5.11. The van der Waals surface area contributed by atoms with Crippen LogP contribution in [0.15, 0.2) is 12.1 Å². The summed E-state index contributed by atoms with van der Waals surface area (Å²) in [7, 11) is 0. The lowest BCUT2D eigenvalue weighted by Crippen LogP contribution is -2.36. The predicted molar refractivity (Wildman–Crippen MR) is 87.4 cm³/mol. The fourth-order valence-electron chi connectivity index (χ4n) is 3.55. The van der Waals surface area contributed by atoms with Crippen molar-refractivity contribution in [1.82, 2.24) is 5.32 Å². The van der Waals surface area contributed by atoms with Gasteiger partial charge in [-0.15, -0.1) is 0 Å². The molecule has 0 bridgehead atoms. The van der Waals surface area contributed by atoms with E-state index in [0.717, 1.165) is 19.1 Å². The number of hydrogen-bond donors (Lipinski definition) is 1. The first-order valence-corrected chi connectivity index (χ1v) is 8.48. The topological polar surface area (TPSA) is 66.5 Å². The third-order valence-corrected chi connectivity index (χ3v) is 4.92. The van der Waals surface area contributed by atoms with Crippen molar-refractivity contribution < 1.29 is 23.2 Å². The molecule has 3 rings (SSSR count). The van der Waals surface area contributed by atoms with Crippen molar-refractivity contribution in [3.8, 4) is 0 Å². The van der Waals surface area contributed by atoms with E-state index >= 15 is 0 Å². The first-order valence-electron chi connectivity index (χ1n) is 8.48. The monoisotopic (exact) mass is 350 g/mol. The van der Waals surface area contributed by atoms with E-state index in [-0.39, 0.29) is 36.7 Å². The number of aldehydes is 1. The van der Waals surface area contributed by atoms with E-state index in [1.54, 1.807) is 4.90 Å². The van der Waals surface area contributed by atoms with Gasteiger partial charge in [0.1, 0.15) is 17.9 Å². The average Bonchev–Trinajstić information content (AvgIpc) is 2.77. The van der Waals surface area contributed by atoms with Gasteiger partial charge in [0.2, 0.25) is 5.91 Å². The molecule has 0 saturated carbocycles. The molecule has 2 saturated heterocycles. The van der Waals surface area contributed by atoms with Gasteiger partial charge < -0.3 is 15.0 Å². The molecule has 1 amide bonds. The molecule has 2 fully saturated rings. The highest BCUT2D eigenvalue weighted by molar-refractivity contribution is 5.92. The fraction of sp³-hybridized carbons (Fsp3) is 0.500. The second-order valence-electron chi connectivity index (χ2n) is 6.66. The molecule has 1 aromatic carbocycles. The summed E-state index contributed by atoms with van der Waals surface area (Å²) >= 11 is 0. The first kappa shape index (κ1) is 17.5. The second kappa shape index (κ2) is 7.29. The van der Waals surface area contributed by atoms with E-state index in [4.69, 9.17) is 0 Å². The lowest BCUT2D eigenvalue weighted by Gasteiger charge is -2.32. The van der Waals surface area contributed by atoms with E-state index in [0.29, 0.717) is 18.8 Å². The van der Waals surface area contributed by atoms with Crippen LogP contribution < -0.4 is 10.2 Å². The van der Waals surface area contributed by atoms with Crippen molar-refractivity contribution in [3.63, 3.8) is 0 Å². The summed E-state index contributed by atoms with van der Waals surface area (Å²) in [6, 6.07) is 2.43. The lowest BCUT2D eigenvalue weighted by atomic mass is 9.92. The van der Waals surface area contributed by atoms with E-state index in [1.165, 1.54) is 12.1 Å². The van der Waals surface area contributed by atoms with Gasteiger partial charge in [-0.25, -0.2) is 8.78 Å². The number of carbonyl (C=O) groups excluding carboxylic acids is 3. The molecule has 5 nitrogen and oxygen atoms in total. The maximum Gasteiger partial charge on any atom is 0.228 e. The number of benzene rings is 1. The molecule has 0 aliphatic carbocycles. The smallest absolute Gasteiger partial charge is 0.228 e. The van der Waals surface area contributed by atoms with Gasteiger partial charge in [0.05, 0.1) is 12.5 Å². The first-order chi connectivity index (χ1) is 12.0. The summed E-state index contributed by atoms with van der Waals surface area (Å²) in [5.74, 6) is -3.42. The summed E-state index contributed by atoms with van der Waals surface area (Å²) in [4.78, 5) is 36.3. The number of carbonyl (C=O) groups is 3. The Morgan fingerprint density at radius 2 is 1.88 bits per heavy atom. The van der Waals surface area contributed by atoms with Crippen molar-refractivity contribution in [2.75, 3.05) is 24.5 Å². The van der Waals surface area contributed by atoms with Gasteiger partial charge >= 0.3 is 0 Å². The molecule has 0 spiro atoms. The fourth-order valence-corrected chi connectivity index (χ4v) is 3.55. The van der Waals surface area contributed by atoms with Crippen LogP contribution in [0.25, 0.3) is 0 Å². The zero-order valence-electron chi connectivity index (χ0n) is 13.8. The van der Waals surface area contributed by atoms with Crippen LogP contribution in [0.1, 0.15) is 37.2 Å². The summed E-state index contributed by atoms with van der Waals surface area (Å²) in [6.07, 6.45) is 2.63. The van der Waals surface area contributed by atoms with Gasteiger partial charge in [0.15, 0.2) is 5.78 Å². The van der Waals surface area contributed by atoms with Gasteiger partial charge in [-0.05, 0) is 31.4 Å². The van der Waals surface area contributed by atoms with Gasteiger partial charge in [-0.1, -0.05) is 0 Å². The summed E-state index contributed by atoms with van der Waals surface area (Å²) in [6.45, 7) is 0.957. The number of Topliss-reactive ketones (excluding diaryl/α,β-unsaturated/α-hetero) is 1. The molecule has 1 aromatic rings. The molecular formula is C18H20F2N2O3. The van der Waals surface area contributed by atoms with Gasteiger partial charge in [-0.2, -0.15) is 0 Å². The van der Waals surface area contributed by atoms with Crippen LogP contribution in [0, 0.1) is 17.6 Å². The molecule has 134 valence electrons. The van der Waals surface area contributed by atoms with Gasteiger partial charge in [-0.3, -0.25) is 9.59 Å². The molecule has 2 heterocycles. The van der Waals surface area contributed by atoms with Gasteiger partial charge in [0, 0.05) is 36.7 Å². The normalized spacial score (nSPS) is 24.6. The maximum atomic E-state index is 14.6. The Labute approximate surface area is 144 Å². The van der Waals surface area contributed by atoms with E-state index in [1.807, 2.05) is 0 Å². The van der Waals surface area contributed by atoms with Crippen LogP contribution in [-0.4, -0.2) is 37.6 Å². The standard InChI is InChI=1S/C18H20F2N2O3/c19-15-6-12(22-5-1-2-11(9-22)10-23)7-16(20)17(15)14-4-3-13(24)8-21-18(14)25/h6-7,10-11,14H,1-5,8-9H2,(H,21,25)/t11-,14?/m0/s1. The highest BCUT2D eigenvalue weighted by atomic mass is 19.1. The van der Waals surface area contributed by atoms with Crippen molar-refractivity contribution in [3.05, 3.63) is 29.3 Å². The third kappa shape index (κ3) is 3.70. The highest BCUT2D eigenvalue weighted by Crippen LogP contribution is 2.32. The minimum absolute atomic E-state index is 0.0920. The van der Waals surface area contributed by atoms with Crippen LogP contribution in [0.2, 0.25) is 0 Å². The Hall–Kier alpha value is -2.31. The number of piperidine rings is 1. The molecule has 1 unspecified atom stereocenters. The molecule has 0 aromatic heterocycles. The number of amides is 1. The number of hydrogen-bond acceptors (Lipinski definition) is 4. The molecule has 2 aliphatic rings. The number of nitrogens with zero attached hydrogens (tertiary/aromatic N) is 1. The van der Waals surface area contributed by atoms with E-state index in [2.05, 4.69) is 5.32 Å². The van der Waals surface area contributed by atoms with Crippen LogP contribution in [-0.2, 0) is 14.4 Å². The number of ketones is 1. The molecule has 1 N–H and O–H groups in total. The zero-order valence-corrected chi connectivity index (χ0v) is 13.8. The average molecular weight is 350 g/mol. The van der Waals surface area contributed by atoms with Gasteiger partial charge in [0.25, 0.3) is 0 Å². The Morgan fingerprint density at radius 1 is 1.16 bits per heavy atom. The Morgan fingerprint density at radius 3 is 2.56 bits per heavy atom. The SMILES string of the molecule is O=C[C@H]1CCCN(c2cc(F)c(C3CCC(=O)CNC3=O)c(F)c2)C1. The van der Waals surface area contributed by atoms with Crippen LogP contribution in [0.4, 0.5) is 14.5 Å². The Bertz CT molecular complexity index is 685. The number of anilines is 1. The van der Waals surface area contributed by atoms with Crippen molar-refractivity contribution >= 4 is 23.7 Å². The van der Waals surface area contributed by atoms with Crippen LogP contribution in [0.3, 0.4) is 0 Å². The number of halogens is 2. The quantitative estimate of drug-likeness (QED) is 0.846. The maximum absolute atomic E-state index is 14.6. The van der Waals surface area contributed by atoms with Crippen LogP contribution in [0.5, 0.6) is 0 Å². The van der Waals surface area contributed by atoms with Crippen molar-refractivity contribution in [2.24, 2.45) is 5.92 Å². The van der Waals surface area contributed by atoms with E-state index < -0.39 is 23.5 Å². The number of nitrogens with one attached hydrogen (secondary N) is 1. The molecule has 2 atom stereocenters. The van der Waals surface area contributed by atoms with E-state index in [9.17, 15) is 23.2 Å². The Balaban J connectivity index is 1.88. The molecule has 25 heavy (non-hydrogen) atoms. The molecule has 7 heteroatoms.